The highest BCUT2D eigenvalue weighted by Gasteiger charge is 2.17. The van der Waals surface area contributed by atoms with E-state index in [1.54, 1.807) is 13.1 Å². The molecule has 1 aromatic rings. The van der Waals surface area contributed by atoms with Gasteiger partial charge >= 0.3 is 0 Å². The molecule has 1 amide bonds. The fourth-order valence-corrected chi connectivity index (χ4v) is 2.49. The number of amides is 1. The van der Waals surface area contributed by atoms with E-state index in [0.29, 0.717) is 22.3 Å². The molecule has 0 saturated heterocycles. The molecule has 0 bridgehead atoms. The molecule has 0 unspecified atom stereocenters. The van der Waals surface area contributed by atoms with Crippen LogP contribution in [0.15, 0.2) is 12.3 Å². The van der Waals surface area contributed by atoms with Crippen molar-refractivity contribution in [3.8, 4) is 0 Å². The monoisotopic (exact) mass is 267 g/mol. The van der Waals surface area contributed by atoms with Crippen molar-refractivity contribution in [2.75, 3.05) is 18.9 Å². The summed E-state index contributed by atoms with van der Waals surface area (Å²) in [6, 6.07) is 1.67. The number of rotatable bonds is 4. The Hall–Kier alpha value is -1.29. The molecule has 1 aliphatic rings. The molecule has 0 atom stereocenters. The third-order valence-electron chi connectivity index (χ3n) is 3.38. The maximum Gasteiger partial charge on any atom is 0.252 e. The first-order valence-electron chi connectivity index (χ1n) is 6.32. The summed E-state index contributed by atoms with van der Waals surface area (Å²) in [6.45, 7) is 0.742. The first kappa shape index (κ1) is 13.1. The Morgan fingerprint density at radius 1 is 1.50 bits per heavy atom. The van der Waals surface area contributed by atoms with Crippen molar-refractivity contribution >= 4 is 23.3 Å². The minimum atomic E-state index is -0.120. The largest absolute Gasteiger partial charge is 0.373 e. The van der Waals surface area contributed by atoms with E-state index in [1.807, 2.05) is 0 Å². The second-order valence-electron chi connectivity index (χ2n) is 4.66. The van der Waals surface area contributed by atoms with Gasteiger partial charge in [-0.1, -0.05) is 24.4 Å². The highest BCUT2D eigenvalue weighted by atomic mass is 35.5. The lowest BCUT2D eigenvalue weighted by Crippen LogP contribution is -2.28. The number of hydrogen-bond acceptors (Lipinski definition) is 3. The van der Waals surface area contributed by atoms with E-state index >= 15 is 0 Å². The number of anilines is 1. The third-order valence-corrected chi connectivity index (χ3v) is 3.68. The predicted octanol–water partition coefficient (Wildman–Crippen LogP) is 2.70. The van der Waals surface area contributed by atoms with Crippen molar-refractivity contribution in [2.45, 2.75) is 25.7 Å². The summed E-state index contributed by atoms with van der Waals surface area (Å²) < 4.78 is 0. The van der Waals surface area contributed by atoms with Crippen LogP contribution in [-0.2, 0) is 0 Å². The van der Waals surface area contributed by atoms with Gasteiger partial charge in [-0.05, 0) is 24.8 Å². The summed E-state index contributed by atoms with van der Waals surface area (Å²) >= 11 is 5.99. The van der Waals surface area contributed by atoms with E-state index in [9.17, 15) is 4.79 Å². The molecule has 1 aromatic heterocycles. The maximum absolute atomic E-state index is 12.0. The zero-order chi connectivity index (χ0) is 13.0. The number of aromatic nitrogens is 1. The van der Waals surface area contributed by atoms with Gasteiger partial charge in [0.15, 0.2) is 0 Å². The summed E-state index contributed by atoms with van der Waals surface area (Å²) in [5.41, 5.74) is 0.481. The Morgan fingerprint density at radius 2 is 2.22 bits per heavy atom. The van der Waals surface area contributed by atoms with E-state index in [1.165, 1.54) is 31.9 Å². The van der Waals surface area contributed by atoms with Gasteiger partial charge in [0.1, 0.15) is 5.82 Å². The maximum atomic E-state index is 12.0. The topological polar surface area (TPSA) is 54.0 Å². The lowest BCUT2D eigenvalue weighted by Gasteiger charge is -2.11. The molecule has 2 rings (SSSR count). The normalized spacial score (nSPS) is 15.7. The number of pyridine rings is 1. The average molecular weight is 268 g/mol. The van der Waals surface area contributed by atoms with Crippen LogP contribution in [0.1, 0.15) is 36.0 Å². The fraction of sp³-hybridized carbons (Fsp3) is 0.538. The third kappa shape index (κ3) is 3.13. The Bertz CT molecular complexity index is 430. The molecule has 2 N–H and O–H groups in total. The molecule has 1 fully saturated rings. The number of nitrogens with one attached hydrogen (secondary N) is 2. The minimum Gasteiger partial charge on any atom is -0.373 e. The van der Waals surface area contributed by atoms with Crippen LogP contribution in [0.4, 0.5) is 5.82 Å². The molecule has 0 radical (unpaired) electrons. The molecular formula is C13H18ClN3O. The molecule has 0 spiro atoms. The lowest BCUT2D eigenvalue weighted by molar-refractivity contribution is 0.0947. The molecule has 98 valence electrons. The molecule has 1 saturated carbocycles. The van der Waals surface area contributed by atoms with E-state index in [2.05, 4.69) is 15.6 Å². The molecule has 18 heavy (non-hydrogen) atoms. The minimum absolute atomic E-state index is 0.120. The van der Waals surface area contributed by atoms with Gasteiger partial charge in [0, 0.05) is 19.8 Å². The van der Waals surface area contributed by atoms with Gasteiger partial charge in [0.05, 0.1) is 10.6 Å². The molecule has 0 aliphatic heterocycles. The van der Waals surface area contributed by atoms with Gasteiger partial charge < -0.3 is 10.6 Å². The van der Waals surface area contributed by atoms with Crippen LogP contribution >= 0.6 is 11.6 Å². The predicted molar refractivity (Wildman–Crippen MR) is 73.1 cm³/mol. The lowest BCUT2D eigenvalue weighted by atomic mass is 10.1. The number of carbonyl (C=O) groups is 1. The van der Waals surface area contributed by atoms with Gasteiger partial charge in [-0.15, -0.1) is 0 Å². The number of halogens is 1. The standard InChI is InChI=1S/C13H18ClN3O/c1-15-12-6-10(11(14)8-16-12)13(18)17-7-9-4-2-3-5-9/h6,8-9H,2-5,7H2,1H3,(H,15,16)(H,17,18). The van der Waals surface area contributed by atoms with Crippen LogP contribution in [0.5, 0.6) is 0 Å². The second kappa shape index (κ2) is 6.05. The first-order valence-corrected chi connectivity index (χ1v) is 6.70. The highest BCUT2D eigenvalue weighted by Crippen LogP contribution is 2.24. The van der Waals surface area contributed by atoms with E-state index in [-0.39, 0.29) is 5.91 Å². The Labute approximate surface area is 112 Å². The van der Waals surface area contributed by atoms with Crippen molar-refractivity contribution < 1.29 is 4.79 Å². The molecule has 5 heteroatoms. The van der Waals surface area contributed by atoms with E-state index < -0.39 is 0 Å². The summed E-state index contributed by atoms with van der Waals surface area (Å²) in [4.78, 5) is 16.1. The SMILES string of the molecule is CNc1cc(C(=O)NCC2CCCC2)c(Cl)cn1. The smallest absolute Gasteiger partial charge is 0.252 e. The second-order valence-corrected chi connectivity index (χ2v) is 5.07. The molecular weight excluding hydrogens is 250 g/mol. The fourth-order valence-electron chi connectivity index (χ4n) is 2.30. The quantitative estimate of drug-likeness (QED) is 0.882. The van der Waals surface area contributed by atoms with Crippen LogP contribution in [0.2, 0.25) is 5.02 Å². The van der Waals surface area contributed by atoms with Crippen molar-refractivity contribution in [1.29, 1.82) is 0 Å². The van der Waals surface area contributed by atoms with Gasteiger partial charge in [0.2, 0.25) is 0 Å². The van der Waals surface area contributed by atoms with Gasteiger partial charge in [-0.25, -0.2) is 4.98 Å². The molecule has 0 aromatic carbocycles. The van der Waals surface area contributed by atoms with Crippen LogP contribution < -0.4 is 10.6 Å². The van der Waals surface area contributed by atoms with Crippen molar-refractivity contribution in [3.05, 3.63) is 22.8 Å². The highest BCUT2D eigenvalue weighted by molar-refractivity contribution is 6.33. The van der Waals surface area contributed by atoms with Gasteiger partial charge in [-0.2, -0.15) is 0 Å². The Morgan fingerprint density at radius 3 is 2.89 bits per heavy atom. The number of hydrogen-bond donors (Lipinski definition) is 2. The molecule has 4 nitrogen and oxygen atoms in total. The van der Waals surface area contributed by atoms with Crippen molar-refractivity contribution in [2.24, 2.45) is 5.92 Å². The van der Waals surface area contributed by atoms with Crippen LogP contribution in [0.25, 0.3) is 0 Å². The number of nitrogens with zero attached hydrogens (tertiary/aromatic N) is 1. The van der Waals surface area contributed by atoms with Crippen LogP contribution in [-0.4, -0.2) is 24.5 Å². The average Bonchev–Trinajstić information content (AvgIpc) is 2.89. The van der Waals surface area contributed by atoms with Crippen LogP contribution in [0.3, 0.4) is 0 Å². The van der Waals surface area contributed by atoms with Crippen molar-refractivity contribution in [1.82, 2.24) is 10.3 Å². The Kier molecular flexibility index (Phi) is 4.42. The summed E-state index contributed by atoms with van der Waals surface area (Å²) in [5.74, 6) is 1.15. The molecule has 1 heterocycles. The number of carbonyl (C=O) groups excluding carboxylic acids is 1. The van der Waals surface area contributed by atoms with E-state index in [0.717, 1.165) is 6.54 Å². The zero-order valence-corrected chi connectivity index (χ0v) is 11.3. The summed E-state index contributed by atoms with van der Waals surface area (Å²) in [6.07, 6.45) is 6.48. The summed E-state index contributed by atoms with van der Waals surface area (Å²) in [7, 11) is 1.76. The van der Waals surface area contributed by atoms with E-state index in [4.69, 9.17) is 11.6 Å². The molecule has 1 aliphatic carbocycles. The van der Waals surface area contributed by atoms with Gasteiger partial charge in [0.25, 0.3) is 5.91 Å². The zero-order valence-electron chi connectivity index (χ0n) is 10.5. The van der Waals surface area contributed by atoms with Crippen molar-refractivity contribution in [3.63, 3.8) is 0 Å². The van der Waals surface area contributed by atoms with Gasteiger partial charge in [-0.3, -0.25) is 4.79 Å². The summed E-state index contributed by atoms with van der Waals surface area (Å²) in [5, 5.41) is 6.24. The Balaban J connectivity index is 1.98. The van der Waals surface area contributed by atoms with Crippen LogP contribution in [0, 0.1) is 5.92 Å². The first-order chi connectivity index (χ1) is 8.70.